The zero-order chi connectivity index (χ0) is 15.1. The lowest BCUT2D eigenvalue weighted by Crippen LogP contribution is -2.23. The number of hydrogen-bond donors (Lipinski definition) is 1. The fraction of sp³-hybridized carbons (Fsp3) is 0.765. The first-order valence-corrected chi connectivity index (χ1v) is 9.49. The molecule has 0 aliphatic heterocycles. The average Bonchev–Trinajstić information content (AvgIpc) is 2.72. The number of hydrogen-bond acceptors (Lipinski definition) is 4. The van der Waals surface area contributed by atoms with E-state index in [1.165, 1.54) is 43.4 Å². The minimum atomic E-state index is 0.457. The van der Waals surface area contributed by atoms with Crippen molar-refractivity contribution in [3.8, 4) is 0 Å². The standard InChI is InChI=1S/C17H29N3S/c1-4-10-18-15-8-6-7-9-16-14(15)11-19-17(20-16)12-21-13(3)5-2/h11,13,15,18H,4-10,12H2,1-3H3. The van der Waals surface area contributed by atoms with Crippen molar-refractivity contribution >= 4 is 11.8 Å². The Labute approximate surface area is 133 Å². The van der Waals surface area contributed by atoms with E-state index in [-0.39, 0.29) is 0 Å². The molecule has 2 rings (SSSR count). The Morgan fingerprint density at radius 3 is 3.00 bits per heavy atom. The molecular weight excluding hydrogens is 278 g/mol. The molecule has 1 N–H and O–H groups in total. The summed E-state index contributed by atoms with van der Waals surface area (Å²) in [6.45, 7) is 7.81. The highest BCUT2D eigenvalue weighted by molar-refractivity contribution is 7.99. The third kappa shape index (κ3) is 4.96. The van der Waals surface area contributed by atoms with Crippen LogP contribution in [0.2, 0.25) is 0 Å². The zero-order valence-electron chi connectivity index (χ0n) is 13.7. The van der Waals surface area contributed by atoms with Gasteiger partial charge in [0.1, 0.15) is 5.82 Å². The van der Waals surface area contributed by atoms with Gasteiger partial charge in [-0.2, -0.15) is 11.8 Å². The first-order valence-electron chi connectivity index (χ1n) is 8.44. The van der Waals surface area contributed by atoms with E-state index in [1.807, 2.05) is 11.8 Å². The molecule has 0 spiro atoms. The third-order valence-corrected chi connectivity index (χ3v) is 5.52. The average molecular weight is 308 g/mol. The van der Waals surface area contributed by atoms with Gasteiger partial charge in [-0.05, 0) is 38.6 Å². The number of aryl methyl sites for hydroxylation is 1. The Morgan fingerprint density at radius 1 is 1.38 bits per heavy atom. The predicted molar refractivity (Wildman–Crippen MR) is 91.7 cm³/mol. The van der Waals surface area contributed by atoms with Crippen LogP contribution < -0.4 is 5.32 Å². The summed E-state index contributed by atoms with van der Waals surface area (Å²) >= 11 is 1.96. The molecule has 21 heavy (non-hydrogen) atoms. The number of rotatable bonds is 7. The van der Waals surface area contributed by atoms with Gasteiger partial charge in [-0.3, -0.25) is 0 Å². The van der Waals surface area contributed by atoms with Crippen molar-refractivity contribution in [1.29, 1.82) is 0 Å². The highest BCUT2D eigenvalue weighted by Crippen LogP contribution is 2.28. The monoisotopic (exact) mass is 307 g/mol. The van der Waals surface area contributed by atoms with E-state index in [4.69, 9.17) is 4.98 Å². The molecular formula is C17H29N3S. The minimum absolute atomic E-state index is 0.457. The van der Waals surface area contributed by atoms with Gasteiger partial charge in [0.05, 0.1) is 5.75 Å². The molecule has 1 aliphatic rings. The lowest BCUT2D eigenvalue weighted by atomic mass is 10.0. The third-order valence-electron chi connectivity index (χ3n) is 4.19. The van der Waals surface area contributed by atoms with Gasteiger partial charge >= 0.3 is 0 Å². The van der Waals surface area contributed by atoms with Gasteiger partial charge in [0, 0.05) is 28.7 Å². The van der Waals surface area contributed by atoms with Crippen LogP contribution in [0.4, 0.5) is 0 Å². The predicted octanol–water partition coefficient (Wildman–Crippen LogP) is 4.28. The summed E-state index contributed by atoms with van der Waals surface area (Å²) in [5.41, 5.74) is 2.63. The molecule has 0 fully saturated rings. The molecule has 1 aromatic rings. The zero-order valence-corrected chi connectivity index (χ0v) is 14.5. The van der Waals surface area contributed by atoms with Crippen molar-refractivity contribution in [3.63, 3.8) is 0 Å². The quantitative estimate of drug-likeness (QED) is 0.763. The van der Waals surface area contributed by atoms with E-state index < -0.39 is 0 Å². The van der Waals surface area contributed by atoms with Crippen LogP contribution in [-0.4, -0.2) is 21.8 Å². The molecule has 3 nitrogen and oxygen atoms in total. The van der Waals surface area contributed by atoms with E-state index in [1.54, 1.807) is 0 Å². The van der Waals surface area contributed by atoms with Crippen LogP contribution in [0.25, 0.3) is 0 Å². The smallest absolute Gasteiger partial charge is 0.138 e. The van der Waals surface area contributed by atoms with Crippen LogP contribution in [0, 0.1) is 0 Å². The molecule has 1 aliphatic carbocycles. The molecule has 1 heterocycles. The fourth-order valence-corrected chi connectivity index (χ4v) is 3.50. The summed E-state index contributed by atoms with van der Waals surface area (Å²) in [4.78, 5) is 9.49. The fourth-order valence-electron chi connectivity index (χ4n) is 2.69. The maximum Gasteiger partial charge on any atom is 0.138 e. The number of aromatic nitrogens is 2. The largest absolute Gasteiger partial charge is 0.310 e. The van der Waals surface area contributed by atoms with Crippen LogP contribution in [0.5, 0.6) is 0 Å². The van der Waals surface area contributed by atoms with Gasteiger partial charge in [0.15, 0.2) is 0 Å². The van der Waals surface area contributed by atoms with Crippen LogP contribution in [0.15, 0.2) is 6.20 Å². The van der Waals surface area contributed by atoms with E-state index in [0.29, 0.717) is 11.3 Å². The van der Waals surface area contributed by atoms with Crippen molar-refractivity contribution in [3.05, 3.63) is 23.3 Å². The van der Waals surface area contributed by atoms with Crippen LogP contribution in [0.3, 0.4) is 0 Å². The Balaban J connectivity index is 2.08. The van der Waals surface area contributed by atoms with Gasteiger partial charge in [0.2, 0.25) is 0 Å². The first-order chi connectivity index (χ1) is 10.2. The number of thioether (sulfide) groups is 1. The van der Waals surface area contributed by atoms with Gasteiger partial charge in [0.25, 0.3) is 0 Å². The van der Waals surface area contributed by atoms with E-state index in [2.05, 4.69) is 37.3 Å². The molecule has 0 aromatic carbocycles. The normalized spacial score (nSPS) is 19.9. The van der Waals surface area contributed by atoms with Crippen LogP contribution in [0.1, 0.15) is 76.0 Å². The van der Waals surface area contributed by atoms with Crippen molar-refractivity contribution in [2.24, 2.45) is 0 Å². The van der Waals surface area contributed by atoms with Crippen molar-refractivity contribution in [2.45, 2.75) is 76.3 Å². The molecule has 0 amide bonds. The molecule has 0 bridgehead atoms. The molecule has 0 radical (unpaired) electrons. The Kier molecular flexibility index (Phi) is 6.97. The van der Waals surface area contributed by atoms with Crippen LogP contribution >= 0.6 is 11.8 Å². The van der Waals surface area contributed by atoms with Gasteiger partial charge in [-0.1, -0.05) is 27.2 Å². The van der Waals surface area contributed by atoms with E-state index in [9.17, 15) is 0 Å². The summed E-state index contributed by atoms with van der Waals surface area (Å²) < 4.78 is 0. The molecule has 4 heteroatoms. The Hall–Kier alpha value is -0.610. The van der Waals surface area contributed by atoms with Gasteiger partial charge < -0.3 is 5.32 Å². The molecule has 1 aromatic heterocycles. The number of fused-ring (bicyclic) bond motifs is 1. The second-order valence-corrected chi connectivity index (χ2v) is 7.40. The summed E-state index contributed by atoms with van der Waals surface area (Å²) in [7, 11) is 0. The molecule has 118 valence electrons. The van der Waals surface area contributed by atoms with E-state index in [0.717, 1.165) is 24.5 Å². The lowest BCUT2D eigenvalue weighted by Gasteiger charge is -2.18. The maximum atomic E-state index is 4.87. The molecule has 0 saturated carbocycles. The molecule has 2 unspecified atom stereocenters. The Morgan fingerprint density at radius 2 is 2.24 bits per heavy atom. The molecule has 2 atom stereocenters. The second kappa shape index (κ2) is 8.74. The molecule has 0 saturated heterocycles. The van der Waals surface area contributed by atoms with Gasteiger partial charge in [-0.25, -0.2) is 9.97 Å². The summed E-state index contributed by atoms with van der Waals surface area (Å²) in [5, 5.41) is 4.35. The van der Waals surface area contributed by atoms with Crippen molar-refractivity contribution < 1.29 is 0 Å². The topological polar surface area (TPSA) is 37.8 Å². The van der Waals surface area contributed by atoms with E-state index >= 15 is 0 Å². The number of nitrogens with zero attached hydrogens (tertiary/aromatic N) is 2. The second-order valence-electron chi connectivity index (χ2n) is 5.97. The first kappa shape index (κ1) is 16.8. The summed E-state index contributed by atoms with van der Waals surface area (Å²) in [6.07, 6.45) is 9.35. The summed E-state index contributed by atoms with van der Waals surface area (Å²) in [6, 6.07) is 0.457. The highest BCUT2D eigenvalue weighted by atomic mass is 32.2. The SMILES string of the molecule is CCCNC1CCCCc2nc(CSC(C)CC)ncc21. The number of nitrogens with one attached hydrogen (secondary N) is 1. The Bertz CT molecular complexity index is 436. The summed E-state index contributed by atoms with van der Waals surface area (Å²) in [5.74, 6) is 1.95. The lowest BCUT2D eigenvalue weighted by molar-refractivity contribution is 0.488. The van der Waals surface area contributed by atoms with Gasteiger partial charge in [-0.15, -0.1) is 0 Å². The van der Waals surface area contributed by atoms with Crippen LogP contribution in [-0.2, 0) is 12.2 Å². The maximum absolute atomic E-state index is 4.87. The van der Waals surface area contributed by atoms with Crippen molar-refractivity contribution in [2.75, 3.05) is 6.54 Å². The minimum Gasteiger partial charge on any atom is -0.310 e. The highest BCUT2D eigenvalue weighted by Gasteiger charge is 2.20. The van der Waals surface area contributed by atoms with Crippen molar-refractivity contribution in [1.82, 2.24) is 15.3 Å².